The fraction of sp³-hybridized carbons (Fsp3) is 0.562. The summed E-state index contributed by atoms with van der Waals surface area (Å²) in [5.74, 6) is -0.305. The van der Waals surface area contributed by atoms with E-state index in [1.165, 1.54) is 12.8 Å². The highest BCUT2D eigenvalue weighted by molar-refractivity contribution is 6.35. The number of carbonyl (C=O) groups is 1. The molecule has 1 N–H and O–H groups in total. The first-order valence-corrected chi connectivity index (χ1v) is 8.13. The predicted molar refractivity (Wildman–Crippen MR) is 85.8 cm³/mol. The van der Waals surface area contributed by atoms with Gasteiger partial charge in [0, 0.05) is 21.7 Å². The molecule has 0 heterocycles. The molecule has 0 spiro atoms. The Morgan fingerprint density at radius 2 is 2.05 bits per heavy atom. The van der Waals surface area contributed by atoms with Crippen molar-refractivity contribution in [2.75, 3.05) is 6.61 Å². The van der Waals surface area contributed by atoms with E-state index in [1.54, 1.807) is 25.1 Å². The zero-order chi connectivity index (χ0) is 15.5. The maximum Gasteiger partial charge on any atom is 0.330 e. The molecule has 1 aliphatic carbocycles. The van der Waals surface area contributed by atoms with Gasteiger partial charge in [-0.05, 0) is 38.8 Å². The van der Waals surface area contributed by atoms with E-state index in [0.717, 1.165) is 12.8 Å². The summed E-state index contributed by atoms with van der Waals surface area (Å²) in [4.78, 5) is 12.5. The molecular weight excluding hydrogens is 309 g/mol. The molecular formula is C16H21Cl2NO2. The molecule has 1 saturated carbocycles. The van der Waals surface area contributed by atoms with Crippen LogP contribution in [0.15, 0.2) is 18.2 Å². The summed E-state index contributed by atoms with van der Waals surface area (Å²) in [6, 6.07) is 5.51. The number of carbonyl (C=O) groups excluding carboxylic acids is 1. The molecule has 116 valence electrons. The van der Waals surface area contributed by atoms with E-state index in [9.17, 15) is 4.79 Å². The third-order valence-electron chi connectivity index (χ3n) is 4.00. The predicted octanol–water partition coefficient (Wildman–Crippen LogP) is 4.30. The van der Waals surface area contributed by atoms with Crippen molar-refractivity contribution in [3.8, 4) is 0 Å². The van der Waals surface area contributed by atoms with Crippen LogP contribution in [-0.4, -0.2) is 18.6 Å². The van der Waals surface area contributed by atoms with Crippen LogP contribution in [0.1, 0.15) is 45.1 Å². The minimum absolute atomic E-state index is 0.305. The molecule has 1 aliphatic rings. The number of ether oxygens (including phenoxy) is 1. The molecule has 1 atom stereocenters. The van der Waals surface area contributed by atoms with Crippen molar-refractivity contribution in [3.05, 3.63) is 33.8 Å². The van der Waals surface area contributed by atoms with Gasteiger partial charge >= 0.3 is 5.97 Å². The monoisotopic (exact) mass is 329 g/mol. The van der Waals surface area contributed by atoms with Gasteiger partial charge in [0.1, 0.15) is 5.54 Å². The maximum absolute atomic E-state index is 12.5. The van der Waals surface area contributed by atoms with Crippen LogP contribution in [0.2, 0.25) is 10.0 Å². The molecule has 2 rings (SSSR count). The summed E-state index contributed by atoms with van der Waals surface area (Å²) in [7, 11) is 0. The number of esters is 1. The number of hydrogen-bond donors (Lipinski definition) is 1. The van der Waals surface area contributed by atoms with Gasteiger partial charge in [0.2, 0.25) is 0 Å². The number of benzene rings is 1. The van der Waals surface area contributed by atoms with E-state index < -0.39 is 5.54 Å². The number of rotatable bonds is 5. The number of halogens is 2. The Morgan fingerprint density at radius 1 is 1.38 bits per heavy atom. The summed E-state index contributed by atoms with van der Waals surface area (Å²) in [6.07, 6.45) is 4.51. The van der Waals surface area contributed by atoms with E-state index in [1.807, 2.05) is 6.92 Å². The smallest absolute Gasteiger partial charge is 0.330 e. The molecule has 3 nitrogen and oxygen atoms in total. The van der Waals surface area contributed by atoms with Gasteiger partial charge in [0.25, 0.3) is 0 Å². The van der Waals surface area contributed by atoms with Crippen LogP contribution in [0.4, 0.5) is 0 Å². The lowest BCUT2D eigenvalue weighted by atomic mass is 9.90. The summed E-state index contributed by atoms with van der Waals surface area (Å²) in [6.45, 7) is 3.97. The van der Waals surface area contributed by atoms with E-state index in [-0.39, 0.29) is 5.97 Å². The molecule has 0 saturated heterocycles. The Hall–Kier alpha value is -0.770. The quantitative estimate of drug-likeness (QED) is 0.818. The summed E-state index contributed by atoms with van der Waals surface area (Å²) in [5.41, 5.74) is -0.244. The Morgan fingerprint density at radius 3 is 2.62 bits per heavy atom. The molecule has 0 radical (unpaired) electrons. The standard InChI is InChI=1S/C16H21Cl2NO2/c1-3-21-15(20)16(2,19-12-6-4-5-7-12)13-9-8-11(17)10-14(13)18/h8-10,12,19H,3-7H2,1-2H3. The highest BCUT2D eigenvalue weighted by Gasteiger charge is 2.40. The highest BCUT2D eigenvalue weighted by Crippen LogP contribution is 2.33. The van der Waals surface area contributed by atoms with Gasteiger partial charge in [-0.1, -0.05) is 42.1 Å². The van der Waals surface area contributed by atoms with Crippen LogP contribution >= 0.6 is 23.2 Å². The molecule has 21 heavy (non-hydrogen) atoms. The lowest BCUT2D eigenvalue weighted by Crippen LogP contribution is -2.51. The lowest BCUT2D eigenvalue weighted by Gasteiger charge is -2.33. The Balaban J connectivity index is 2.35. The maximum atomic E-state index is 12.5. The first-order chi connectivity index (χ1) is 9.97. The van der Waals surface area contributed by atoms with E-state index in [2.05, 4.69) is 5.32 Å². The average Bonchev–Trinajstić information content (AvgIpc) is 2.91. The van der Waals surface area contributed by atoms with Gasteiger partial charge in [-0.25, -0.2) is 4.79 Å². The van der Waals surface area contributed by atoms with Crippen molar-refractivity contribution in [2.45, 2.75) is 51.1 Å². The molecule has 1 aromatic rings. The van der Waals surface area contributed by atoms with Crippen molar-refractivity contribution in [1.82, 2.24) is 5.32 Å². The van der Waals surface area contributed by atoms with Gasteiger partial charge in [-0.2, -0.15) is 0 Å². The van der Waals surface area contributed by atoms with Gasteiger partial charge < -0.3 is 4.74 Å². The van der Waals surface area contributed by atoms with Crippen LogP contribution in [0.25, 0.3) is 0 Å². The van der Waals surface area contributed by atoms with E-state index in [0.29, 0.717) is 28.3 Å². The Bertz CT molecular complexity index is 515. The zero-order valence-corrected chi connectivity index (χ0v) is 13.9. The zero-order valence-electron chi connectivity index (χ0n) is 12.4. The van der Waals surface area contributed by atoms with Gasteiger partial charge in [-0.3, -0.25) is 5.32 Å². The SMILES string of the molecule is CCOC(=O)C(C)(NC1CCCC1)c1ccc(Cl)cc1Cl. The molecule has 1 unspecified atom stereocenters. The Labute approximate surface area is 136 Å². The molecule has 0 amide bonds. The third-order valence-corrected chi connectivity index (χ3v) is 4.55. The van der Waals surface area contributed by atoms with Crippen LogP contribution in [0, 0.1) is 0 Å². The van der Waals surface area contributed by atoms with Crippen molar-refractivity contribution in [3.63, 3.8) is 0 Å². The third kappa shape index (κ3) is 3.71. The Kier molecular flexibility index (Phi) is 5.53. The van der Waals surface area contributed by atoms with Crippen molar-refractivity contribution < 1.29 is 9.53 Å². The minimum atomic E-state index is -0.952. The largest absolute Gasteiger partial charge is 0.464 e. The summed E-state index contributed by atoms with van der Waals surface area (Å²) in [5, 5.41) is 4.48. The van der Waals surface area contributed by atoms with Gasteiger partial charge in [-0.15, -0.1) is 0 Å². The van der Waals surface area contributed by atoms with Crippen LogP contribution in [0.5, 0.6) is 0 Å². The topological polar surface area (TPSA) is 38.3 Å². The molecule has 0 bridgehead atoms. The molecule has 5 heteroatoms. The van der Waals surface area contributed by atoms with Gasteiger partial charge in [0.05, 0.1) is 6.61 Å². The van der Waals surface area contributed by atoms with Gasteiger partial charge in [0.15, 0.2) is 0 Å². The van der Waals surface area contributed by atoms with Crippen LogP contribution in [0.3, 0.4) is 0 Å². The van der Waals surface area contributed by atoms with Crippen molar-refractivity contribution in [1.29, 1.82) is 0 Å². The van der Waals surface area contributed by atoms with E-state index in [4.69, 9.17) is 27.9 Å². The molecule has 0 aromatic heterocycles. The average molecular weight is 330 g/mol. The fourth-order valence-electron chi connectivity index (χ4n) is 2.90. The second-order valence-corrected chi connectivity index (χ2v) is 6.44. The van der Waals surface area contributed by atoms with Crippen LogP contribution in [-0.2, 0) is 15.1 Å². The second kappa shape index (κ2) is 6.99. The molecule has 0 aliphatic heterocycles. The first-order valence-electron chi connectivity index (χ1n) is 7.38. The summed E-state index contributed by atoms with van der Waals surface area (Å²) >= 11 is 12.3. The van der Waals surface area contributed by atoms with Crippen molar-refractivity contribution in [2.24, 2.45) is 0 Å². The molecule has 1 fully saturated rings. The normalized spacial score (nSPS) is 18.5. The summed E-state index contributed by atoms with van der Waals surface area (Å²) < 4.78 is 5.26. The van der Waals surface area contributed by atoms with E-state index >= 15 is 0 Å². The number of nitrogens with one attached hydrogen (secondary N) is 1. The van der Waals surface area contributed by atoms with Crippen LogP contribution < -0.4 is 5.32 Å². The second-order valence-electron chi connectivity index (χ2n) is 5.60. The fourth-order valence-corrected chi connectivity index (χ4v) is 3.49. The highest BCUT2D eigenvalue weighted by atomic mass is 35.5. The minimum Gasteiger partial charge on any atom is -0.464 e. The van der Waals surface area contributed by atoms with Crippen molar-refractivity contribution >= 4 is 29.2 Å². The molecule has 1 aromatic carbocycles. The first kappa shape index (κ1) is 16.6. The number of hydrogen-bond acceptors (Lipinski definition) is 3. The lowest BCUT2D eigenvalue weighted by molar-refractivity contribution is -0.151.